The minimum Gasteiger partial charge on any atom is -0.347 e. The predicted octanol–water partition coefficient (Wildman–Crippen LogP) is 0.182. The van der Waals surface area contributed by atoms with Crippen molar-refractivity contribution in [3.63, 3.8) is 0 Å². The first kappa shape index (κ1) is 9.69. The monoisotopic (exact) mass is 253 g/mol. The summed E-state index contributed by atoms with van der Waals surface area (Å²) < 4.78 is 24.1. The third kappa shape index (κ3) is 2.92. The number of hydrogen-bond donors (Lipinski definition) is 2. The van der Waals surface area contributed by atoms with Crippen LogP contribution >= 0.6 is 15.9 Å². The normalized spacial score (nSPS) is 11.8. The van der Waals surface area contributed by atoms with Gasteiger partial charge in [0.1, 0.15) is 4.66 Å². The molecular weight excluding hydrogens is 246 g/mol. The highest BCUT2D eigenvalue weighted by Crippen LogP contribution is 1.94. The van der Waals surface area contributed by atoms with Crippen LogP contribution in [0.15, 0.2) is 12.5 Å². The Labute approximate surface area is 78.8 Å². The summed E-state index contributed by atoms with van der Waals surface area (Å²) in [5.41, 5.74) is 0.736. The molecule has 7 heteroatoms. The smallest absolute Gasteiger partial charge is 0.221 e. The Hall–Kier alpha value is -0.400. The molecular formula is C5H8BrN3O2S. The standard InChI is InChI=1S/C5H8BrN3O2S/c6-3-12(10,11)9-2-5-1-7-4-8-5/h1,4,9H,2-3H2,(H,7,8). The Kier molecular flexibility index (Phi) is 3.24. The minimum atomic E-state index is -3.18. The largest absolute Gasteiger partial charge is 0.347 e. The van der Waals surface area contributed by atoms with Crippen molar-refractivity contribution < 1.29 is 8.42 Å². The van der Waals surface area contributed by atoms with Crippen LogP contribution < -0.4 is 4.72 Å². The van der Waals surface area contributed by atoms with E-state index in [9.17, 15) is 8.42 Å². The van der Waals surface area contributed by atoms with Gasteiger partial charge in [-0.1, -0.05) is 15.9 Å². The van der Waals surface area contributed by atoms with Gasteiger partial charge in [0, 0.05) is 11.9 Å². The van der Waals surface area contributed by atoms with Gasteiger partial charge in [-0.2, -0.15) is 0 Å². The van der Waals surface area contributed by atoms with E-state index >= 15 is 0 Å². The molecule has 1 heterocycles. The lowest BCUT2D eigenvalue weighted by Crippen LogP contribution is -2.23. The maximum Gasteiger partial charge on any atom is 0.221 e. The van der Waals surface area contributed by atoms with Gasteiger partial charge < -0.3 is 4.98 Å². The fourth-order valence-electron chi connectivity index (χ4n) is 0.608. The second kappa shape index (κ2) is 4.01. The van der Waals surface area contributed by atoms with E-state index in [4.69, 9.17) is 0 Å². The molecule has 0 fully saturated rings. The Morgan fingerprint density at radius 3 is 2.92 bits per heavy atom. The summed E-state index contributed by atoms with van der Waals surface area (Å²) in [6, 6.07) is 0. The van der Waals surface area contributed by atoms with Crippen molar-refractivity contribution in [2.45, 2.75) is 6.54 Å². The van der Waals surface area contributed by atoms with Crippen LogP contribution in [0.3, 0.4) is 0 Å². The zero-order valence-corrected chi connectivity index (χ0v) is 8.52. The molecule has 0 spiro atoms. The summed E-state index contributed by atoms with van der Waals surface area (Å²) in [6.07, 6.45) is 3.06. The summed E-state index contributed by atoms with van der Waals surface area (Å²) in [5.74, 6) is 0. The first-order valence-corrected chi connectivity index (χ1v) is 5.92. The number of aromatic amines is 1. The molecule has 0 bridgehead atoms. The van der Waals surface area contributed by atoms with Gasteiger partial charge in [0.2, 0.25) is 10.0 Å². The van der Waals surface area contributed by atoms with Crippen LogP contribution in [0.1, 0.15) is 5.69 Å². The number of nitrogens with one attached hydrogen (secondary N) is 2. The number of sulfonamides is 1. The van der Waals surface area contributed by atoms with E-state index in [0.29, 0.717) is 0 Å². The lowest BCUT2D eigenvalue weighted by molar-refractivity contribution is 0.586. The summed E-state index contributed by atoms with van der Waals surface area (Å²) in [6.45, 7) is 0.244. The summed E-state index contributed by atoms with van der Waals surface area (Å²) in [5, 5.41) is 0. The second-order valence-corrected chi connectivity index (χ2v) is 5.23. The number of H-pyrrole nitrogens is 1. The maximum atomic E-state index is 10.9. The molecule has 5 nitrogen and oxygen atoms in total. The molecule has 1 rings (SSSR count). The van der Waals surface area contributed by atoms with Crippen molar-refractivity contribution in [2.24, 2.45) is 0 Å². The Morgan fingerprint density at radius 1 is 1.67 bits per heavy atom. The quantitative estimate of drug-likeness (QED) is 0.753. The Balaban J connectivity index is 2.47. The van der Waals surface area contributed by atoms with Gasteiger partial charge >= 0.3 is 0 Å². The predicted molar refractivity (Wildman–Crippen MR) is 48.1 cm³/mol. The molecule has 0 aliphatic heterocycles. The van der Waals surface area contributed by atoms with Gasteiger partial charge in [-0.15, -0.1) is 0 Å². The Bertz CT molecular complexity index is 320. The van der Waals surface area contributed by atoms with Crippen LogP contribution in [-0.2, 0) is 16.6 Å². The third-order valence-electron chi connectivity index (χ3n) is 1.18. The molecule has 2 N–H and O–H groups in total. The van der Waals surface area contributed by atoms with Gasteiger partial charge in [-0.25, -0.2) is 18.1 Å². The SMILES string of the molecule is O=S(=O)(CBr)NCc1cnc[nH]1. The molecule has 0 saturated heterocycles. The van der Waals surface area contributed by atoms with Crippen molar-refractivity contribution in [3.8, 4) is 0 Å². The lowest BCUT2D eigenvalue weighted by atomic mass is 10.5. The van der Waals surface area contributed by atoms with Crippen LogP contribution in [0.25, 0.3) is 0 Å². The fourth-order valence-corrected chi connectivity index (χ4v) is 1.55. The van der Waals surface area contributed by atoms with Crippen molar-refractivity contribution in [1.82, 2.24) is 14.7 Å². The molecule has 0 aliphatic rings. The van der Waals surface area contributed by atoms with Gasteiger partial charge in [0.05, 0.1) is 12.9 Å². The number of aromatic nitrogens is 2. The van der Waals surface area contributed by atoms with E-state index in [0.717, 1.165) is 5.69 Å². The van der Waals surface area contributed by atoms with E-state index in [-0.39, 0.29) is 11.2 Å². The fraction of sp³-hybridized carbons (Fsp3) is 0.400. The number of imidazole rings is 1. The number of hydrogen-bond acceptors (Lipinski definition) is 3. The number of alkyl halides is 1. The van der Waals surface area contributed by atoms with Crippen LogP contribution in [0, 0.1) is 0 Å². The molecule has 0 aromatic carbocycles. The highest BCUT2D eigenvalue weighted by molar-refractivity contribution is 9.10. The van der Waals surface area contributed by atoms with Crippen molar-refractivity contribution >= 4 is 26.0 Å². The van der Waals surface area contributed by atoms with Crippen LogP contribution in [0.5, 0.6) is 0 Å². The average molecular weight is 254 g/mol. The van der Waals surface area contributed by atoms with Crippen LogP contribution in [0.2, 0.25) is 0 Å². The van der Waals surface area contributed by atoms with Gasteiger partial charge in [0.15, 0.2) is 0 Å². The second-order valence-electron chi connectivity index (χ2n) is 2.12. The molecule has 0 radical (unpaired) electrons. The van der Waals surface area contributed by atoms with Crippen LogP contribution in [0.4, 0.5) is 0 Å². The molecule has 0 amide bonds. The summed E-state index contributed by atoms with van der Waals surface area (Å²) in [7, 11) is -3.18. The van der Waals surface area contributed by atoms with Crippen molar-refractivity contribution in [1.29, 1.82) is 0 Å². The van der Waals surface area contributed by atoms with Gasteiger partial charge in [0.25, 0.3) is 0 Å². The first-order valence-electron chi connectivity index (χ1n) is 3.14. The van der Waals surface area contributed by atoms with Gasteiger partial charge in [-0.05, 0) is 0 Å². The van der Waals surface area contributed by atoms with Gasteiger partial charge in [-0.3, -0.25) is 0 Å². The maximum absolute atomic E-state index is 10.9. The Morgan fingerprint density at radius 2 is 2.42 bits per heavy atom. The van der Waals surface area contributed by atoms with E-state index in [1.807, 2.05) is 0 Å². The average Bonchev–Trinajstić information content (AvgIpc) is 2.53. The third-order valence-corrected chi connectivity index (χ3v) is 3.86. The molecule has 1 aromatic heterocycles. The van der Waals surface area contributed by atoms with Crippen molar-refractivity contribution in [2.75, 3.05) is 4.66 Å². The summed E-state index contributed by atoms with van der Waals surface area (Å²) in [4.78, 5) is 6.53. The molecule has 0 atom stereocenters. The molecule has 0 aliphatic carbocycles. The molecule has 0 unspecified atom stereocenters. The van der Waals surface area contributed by atoms with E-state index in [1.54, 1.807) is 6.20 Å². The highest BCUT2D eigenvalue weighted by atomic mass is 79.9. The lowest BCUT2D eigenvalue weighted by Gasteiger charge is -2.00. The molecule has 0 saturated carbocycles. The van der Waals surface area contributed by atoms with E-state index in [1.165, 1.54) is 6.33 Å². The van der Waals surface area contributed by atoms with Crippen LogP contribution in [-0.4, -0.2) is 23.0 Å². The molecule has 1 aromatic rings. The zero-order chi connectivity index (χ0) is 9.03. The number of rotatable bonds is 4. The topological polar surface area (TPSA) is 74.8 Å². The molecule has 68 valence electrons. The number of halogens is 1. The number of nitrogens with zero attached hydrogens (tertiary/aromatic N) is 1. The van der Waals surface area contributed by atoms with E-state index < -0.39 is 10.0 Å². The minimum absolute atomic E-state index is 0.0891. The van der Waals surface area contributed by atoms with Crippen molar-refractivity contribution in [3.05, 3.63) is 18.2 Å². The molecule has 12 heavy (non-hydrogen) atoms. The summed E-state index contributed by atoms with van der Waals surface area (Å²) >= 11 is 2.86. The van der Waals surface area contributed by atoms with E-state index in [2.05, 4.69) is 30.6 Å². The highest BCUT2D eigenvalue weighted by Gasteiger charge is 2.06. The zero-order valence-electron chi connectivity index (χ0n) is 6.12. The first-order chi connectivity index (χ1) is 5.64.